The van der Waals surface area contributed by atoms with Gasteiger partial charge in [-0.2, -0.15) is 5.10 Å². The van der Waals surface area contributed by atoms with Gasteiger partial charge in [-0.05, 0) is 50.0 Å². The second kappa shape index (κ2) is 7.26. The number of hydrogen-bond donors (Lipinski definition) is 1. The van der Waals surface area contributed by atoms with Crippen LogP contribution in [0.1, 0.15) is 18.6 Å². The number of aromatic nitrogens is 2. The lowest BCUT2D eigenvalue weighted by atomic mass is 9.97. The molecule has 0 saturated carbocycles. The fraction of sp³-hybridized carbons (Fsp3) is 0.500. The molecule has 2 aromatic rings. The Labute approximate surface area is 130 Å². The Hall–Kier alpha value is -2.08. The van der Waals surface area contributed by atoms with E-state index in [4.69, 9.17) is 4.42 Å². The van der Waals surface area contributed by atoms with Gasteiger partial charge < -0.3 is 9.73 Å². The molecule has 0 atom stereocenters. The summed E-state index contributed by atoms with van der Waals surface area (Å²) in [6, 6.07) is 5.64. The van der Waals surface area contributed by atoms with E-state index in [9.17, 15) is 4.79 Å². The van der Waals surface area contributed by atoms with Gasteiger partial charge in [0.15, 0.2) is 0 Å². The van der Waals surface area contributed by atoms with Crippen molar-refractivity contribution in [2.45, 2.75) is 25.9 Å². The van der Waals surface area contributed by atoms with Crippen LogP contribution in [0.15, 0.2) is 41.3 Å². The van der Waals surface area contributed by atoms with Gasteiger partial charge in [-0.3, -0.25) is 14.4 Å². The maximum Gasteiger partial charge on any atom is 0.234 e. The Morgan fingerprint density at radius 1 is 1.36 bits per heavy atom. The molecule has 1 N–H and O–H groups in total. The third-order valence-corrected chi connectivity index (χ3v) is 4.12. The van der Waals surface area contributed by atoms with Gasteiger partial charge in [0.05, 0.1) is 19.4 Å². The van der Waals surface area contributed by atoms with E-state index in [1.54, 1.807) is 6.26 Å². The minimum Gasteiger partial charge on any atom is -0.467 e. The summed E-state index contributed by atoms with van der Waals surface area (Å²) in [7, 11) is 0. The van der Waals surface area contributed by atoms with Crippen LogP contribution in [-0.4, -0.2) is 40.2 Å². The molecule has 1 aliphatic rings. The van der Waals surface area contributed by atoms with E-state index in [2.05, 4.69) is 15.3 Å². The van der Waals surface area contributed by atoms with Crippen molar-refractivity contribution in [1.82, 2.24) is 20.0 Å². The lowest BCUT2D eigenvalue weighted by Crippen LogP contribution is -2.41. The zero-order valence-corrected chi connectivity index (χ0v) is 12.6. The normalized spacial score (nSPS) is 16.7. The molecular weight excluding hydrogens is 280 g/mol. The van der Waals surface area contributed by atoms with Crippen LogP contribution in [0.5, 0.6) is 0 Å². The molecule has 6 heteroatoms. The van der Waals surface area contributed by atoms with E-state index >= 15 is 0 Å². The predicted octanol–water partition coefficient (Wildman–Crippen LogP) is 1.50. The summed E-state index contributed by atoms with van der Waals surface area (Å²) >= 11 is 0. The molecule has 22 heavy (non-hydrogen) atoms. The van der Waals surface area contributed by atoms with Gasteiger partial charge in [-0.25, -0.2) is 0 Å². The first-order valence-electron chi connectivity index (χ1n) is 7.78. The van der Waals surface area contributed by atoms with Crippen molar-refractivity contribution in [2.75, 3.05) is 19.6 Å². The zero-order chi connectivity index (χ0) is 15.2. The van der Waals surface area contributed by atoms with Crippen molar-refractivity contribution < 1.29 is 9.21 Å². The number of carbonyl (C=O) groups is 1. The van der Waals surface area contributed by atoms with Crippen LogP contribution in [0, 0.1) is 5.92 Å². The van der Waals surface area contributed by atoms with Crippen molar-refractivity contribution in [3.8, 4) is 0 Å². The van der Waals surface area contributed by atoms with Gasteiger partial charge in [-0.1, -0.05) is 0 Å². The van der Waals surface area contributed by atoms with Crippen molar-refractivity contribution in [2.24, 2.45) is 5.92 Å². The SMILES string of the molecule is O=C(CN1CCC(Cn2cccn2)CC1)NCc1ccco1. The molecule has 0 spiro atoms. The molecule has 0 radical (unpaired) electrons. The van der Waals surface area contributed by atoms with Crippen LogP contribution in [-0.2, 0) is 17.9 Å². The molecule has 6 nitrogen and oxygen atoms in total. The fourth-order valence-corrected chi connectivity index (χ4v) is 2.86. The summed E-state index contributed by atoms with van der Waals surface area (Å²) in [5.41, 5.74) is 0. The first-order valence-corrected chi connectivity index (χ1v) is 7.78. The maximum atomic E-state index is 11.9. The molecule has 3 heterocycles. The number of amides is 1. The van der Waals surface area contributed by atoms with Gasteiger partial charge in [0, 0.05) is 18.9 Å². The summed E-state index contributed by atoms with van der Waals surface area (Å²) < 4.78 is 7.20. The van der Waals surface area contributed by atoms with E-state index in [0.717, 1.165) is 38.2 Å². The minimum atomic E-state index is 0.0573. The highest BCUT2D eigenvalue weighted by Gasteiger charge is 2.21. The van der Waals surface area contributed by atoms with Crippen molar-refractivity contribution in [3.63, 3.8) is 0 Å². The smallest absolute Gasteiger partial charge is 0.234 e. The van der Waals surface area contributed by atoms with Crippen LogP contribution >= 0.6 is 0 Å². The first kappa shape index (κ1) is 14.8. The lowest BCUT2D eigenvalue weighted by Gasteiger charge is -2.31. The average Bonchev–Trinajstić information content (AvgIpc) is 3.20. The fourth-order valence-electron chi connectivity index (χ4n) is 2.86. The molecule has 0 aliphatic carbocycles. The molecule has 1 aliphatic heterocycles. The molecule has 0 aromatic carbocycles. The first-order chi connectivity index (χ1) is 10.8. The Bertz CT molecular complexity index is 557. The molecular formula is C16H22N4O2. The van der Waals surface area contributed by atoms with Gasteiger partial charge in [0.25, 0.3) is 0 Å². The number of nitrogens with zero attached hydrogens (tertiary/aromatic N) is 3. The Morgan fingerprint density at radius 3 is 2.91 bits per heavy atom. The van der Waals surface area contributed by atoms with E-state index in [1.165, 1.54) is 0 Å². The molecule has 0 bridgehead atoms. The lowest BCUT2D eigenvalue weighted by molar-refractivity contribution is -0.122. The highest BCUT2D eigenvalue weighted by atomic mass is 16.3. The van der Waals surface area contributed by atoms with Gasteiger partial charge in [0.2, 0.25) is 5.91 Å². The number of rotatable bonds is 6. The quantitative estimate of drug-likeness (QED) is 0.878. The number of furan rings is 1. The van der Waals surface area contributed by atoms with Crippen molar-refractivity contribution >= 4 is 5.91 Å². The number of nitrogens with one attached hydrogen (secondary N) is 1. The summed E-state index contributed by atoms with van der Waals surface area (Å²) in [5.74, 6) is 1.50. The van der Waals surface area contributed by atoms with E-state index in [1.807, 2.05) is 35.3 Å². The van der Waals surface area contributed by atoms with Gasteiger partial charge >= 0.3 is 0 Å². The molecule has 2 aromatic heterocycles. The summed E-state index contributed by atoms with van der Waals surface area (Å²) in [4.78, 5) is 14.2. The Morgan fingerprint density at radius 2 is 2.23 bits per heavy atom. The highest BCUT2D eigenvalue weighted by molar-refractivity contribution is 5.77. The van der Waals surface area contributed by atoms with Gasteiger partial charge in [-0.15, -0.1) is 0 Å². The molecule has 1 fully saturated rings. The van der Waals surface area contributed by atoms with Crippen molar-refractivity contribution in [1.29, 1.82) is 0 Å². The Kier molecular flexibility index (Phi) is 4.90. The summed E-state index contributed by atoms with van der Waals surface area (Å²) in [6.45, 7) is 3.85. The number of piperidine rings is 1. The van der Waals surface area contributed by atoms with Crippen LogP contribution in [0.2, 0.25) is 0 Å². The van der Waals surface area contributed by atoms with Crippen LogP contribution in [0.3, 0.4) is 0 Å². The summed E-state index contributed by atoms with van der Waals surface area (Å²) in [5, 5.41) is 7.15. The molecule has 0 unspecified atom stereocenters. The van der Waals surface area contributed by atoms with Gasteiger partial charge in [0.1, 0.15) is 5.76 Å². The second-order valence-corrected chi connectivity index (χ2v) is 5.80. The van der Waals surface area contributed by atoms with Crippen LogP contribution in [0.25, 0.3) is 0 Å². The number of likely N-dealkylation sites (tertiary alicyclic amines) is 1. The molecule has 1 amide bonds. The van der Waals surface area contributed by atoms with E-state index in [0.29, 0.717) is 19.0 Å². The van der Waals surface area contributed by atoms with E-state index < -0.39 is 0 Å². The van der Waals surface area contributed by atoms with E-state index in [-0.39, 0.29) is 5.91 Å². The van der Waals surface area contributed by atoms with Crippen LogP contribution in [0.4, 0.5) is 0 Å². The summed E-state index contributed by atoms with van der Waals surface area (Å²) in [6.07, 6.45) is 7.68. The Balaban J connectivity index is 1.35. The highest BCUT2D eigenvalue weighted by Crippen LogP contribution is 2.18. The maximum absolute atomic E-state index is 11.9. The third kappa shape index (κ3) is 4.21. The second-order valence-electron chi connectivity index (χ2n) is 5.80. The third-order valence-electron chi connectivity index (χ3n) is 4.12. The van der Waals surface area contributed by atoms with Crippen LogP contribution < -0.4 is 5.32 Å². The predicted molar refractivity (Wildman–Crippen MR) is 81.9 cm³/mol. The molecule has 118 valence electrons. The molecule has 3 rings (SSSR count). The molecule has 1 saturated heterocycles. The largest absolute Gasteiger partial charge is 0.467 e. The minimum absolute atomic E-state index is 0.0573. The average molecular weight is 302 g/mol. The zero-order valence-electron chi connectivity index (χ0n) is 12.6. The van der Waals surface area contributed by atoms with Crippen molar-refractivity contribution in [3.05, 3.63) is 42.6 Å². The monoisotopic (exact) mass is 302 g/mol. The number of carbonyl (C=O) groups excluding carboxylic acids is 1. The standard InChI is InChI=1S/C16H22N4O2/c21-16(17-11-15-3-1-10-22-15)13-19-8-4-14(5-9-19)12-20-7-2-6-18-20/h1-3,6-7,10,14H,4-5,8-9,11-13H2,(H,17,21). The number of hydrogen-bond acceptors (Lipinski definition) is 4. The topological polar surface area (TPSA) is 63.3 Å².